The molecule has 4 rings (SSSR count). The van der Waals surface area contributed by atoms with Crippen molar-refractivity contribution in [3.63, 3.8) is 0 Å². The van der Waals surface area contributed by atoms with Gasteiger partial charge in [0.25, 0.3) is 10.0 Å². The zero-order valence-corrected chi connectivity index (χ0v) is 18.8. The van der Waals surface area contributed by atoms with Crippen LogP contribution in [0.2, 0.25) is 0 Å². The first kappa shape index (κ1) is 21.3. The minimum absolute atomic E-state index is 0.0428. The van der Waals surface area contributed by atoms with E-state index in [2.05, 4.69) is 20.9 Å². The van der Waals surface area contributed by atoms with E-state index in [-0.39, 0.29) is 17.3 Å². The van der Waals surface area contributed by atoms with E-state index >= 15 is 0 Å². The van der Waals surface area contributed by atoms with Crippen molar-refractivity contribution in [3.8, 4) is 0 Å². The molecule has 3 heterocycles. The number of nitrogens with zero attached hydrogens (tertiary/aromatic N) is 2. The van der Waals surface area contributed by atoms with Crippen molar-refractivity contribution in [2.45, 2.75) is 30.6 Å². The number of primary amides is 2. The lowest BCUT2D eigenvalue weighted by molar-refractivity contribution is -0.122. The standard InChI is InChI=1S/C19H24BrN5O4S/c20-13-5-6-15-14(10-13)16(30(28,29)24-7-1-2-8-24)18(23-15)25(19(22)27)9-3-4-12(11-25)17(21)26/h5-6,10,12,23H,1-4,7-9,11H2,(H3-,21,22,26,27)/p+1. The van der Waals surface area contributed by atoms with Gasteiger partial charge in [-0.3, -0.25) is 4.79 Å². The molecular weight excluding hydrogens is 474 g/mol. The number of fused-ring (bicyclic) bond motifs is 1. The van der Waals surface area contributed by atoms with Crippen molar-refractivity contribution in [2.75, 3.05) is 26.2 Å². The maximum absolute atomic E-state index is 13.7. The number of H-pyrrole nitrogens is 1. The van der Waals surface area contributed by atoms with Gasteiger partial charge in [-0.15, -0.1) is 0 Å². The maximum atomic E-state index is 13.7. The Kier molecular flexibility index (Phi) is 5.41. The molecule has 0 saturated carbocycles. The highest BCUT2D eigenvalue weighted by molar-refractivity contribution is 9.10. The van der Waals surface area contributed by atoms with E-state index in [1.54, 1.807) is 18.2 Å². The average molecular weight is 499 g/mol. The minimum Gasteiger partial charge on any atom is -0.369 e. The molecule has 2 aliphatic rings. The summed E-state index contributed by atoms with van der Waals surface area (Å²) in [6.45, 7) is 1.21. The lowest BCUT2D eigenvalue weighted by atomic mass is 9.95. The number of carbonyl (C=O) groups excluding carboxylic acids is 2. The summed E-state index contributed by atoms with van der Waals surface area (Å²) in [5.41, 5.74) is 12.0. The van der Waals surface area contributed by atoms with Crippen molar-refractivity contribution >= 4 is 54.6 Å². The van der Waals surface area contributed by atoms with Gasteiger partial charge in [-0.25, -0.2) is 13.2 Å². The molecule has 2 aromatic rings. The number of carbonyl (C=O) groups is 2. The molecule has 0 aliphatic carbocycles. The van der Waals surface area contributed by atoms with Gasteiger partial charge in [0.1, 0.15) is 6.54 Å². The Morgan fingerprint density at radius 2 is 1.87 bits per heavy atom. The highest BCUT2D eigenvalue weighted by Crippen LogP contribution is 2.42. The van der Waals surface area contributed by atoms with Gasteiger partial charge in [0.2, 0.25) is 11.7 Å². The maximum Gasteiger partial charge on any atom is 0.420 e. The van der Waals surface area contributed by atoms with Crippen LogP contribution in [0.25, 0.3) is 10.9 Å². The molecular formula is C19H25BrN5O4S+. The SMILES string of the molecule is NC(=O)C1CCC[N+](C(N)=O)(c2[nH]c3ccc(Br)cc3c2S(=O)(=O)N2CCCC2)C1. The van der Waals surface area contributed by atoms with E-state index in [0.717, 1.165) is 17.3 Å². The van der Waals surface area contributed by atoms with Gasteiger partial charge in [-0.1, -0.05) is 15.9 Å². The van der Waals surface area contributed by atoms with Crippen LogP contribution in [0.5, 0.6) is 0 Å². The number of benzene rings is 1. The van der Waals surface area contributed by atoms with Crippen LogP contribution < -0.4 is 16.0 Å². The predicted octanol–water partition coefficient (Wildman–Crippen LogP) is 2.00. The van der Waals surface area contributed by atoms with Crippen LogP contribution in [0.4, 0.5) is 10.6 Å². The highest BCUT2D eigenvalue weighted by Gasteiger charge is 2.50. The summed E-state index contributed by atoms with van der Waals surface area (Å²) in [4.78, 5) is 27.9. The van der Waals surface area contributed by atoms with Crippen LogP contribution >= 0.6 is 15.9 Å². The Morgan fingerprint density at radius 1 is 1.17 bits per heavy atom. The van der Waals surface area contributed by atoms with E-state index in [9.17, 15) is 18.0 Å². The van der Waals surface area contributed by atoms with Crippen molar-refractivity contribution in [2.24, 2.45) is 17.4 Å². The number of halogens is 1. The topological polar surface area (TPSA) is 139 Å². The molecule has 1 aromatic heterocycles. The number of nitrogens with one attached hydrogen (secondary N) is 1. The minimum atomic E-state index is -3.89. The van der Waals surface area contributed by atoms with E-state index in [1.807, 2.05) is 0 Å². The van der Waals surface area contributed by atoms with Crippen molar-refractivity contribution in [1.29, 1.82) is 0 Å². The van der Waals surface area contributed by atoms with Crippen LogP contribution in [-0.2, 0) is 14.8 Å². The number of rotatable bonds is 4. The molecule has 5 N–H and O–H groups in total. The van der Waals surface area contributed by atoms with E-state index < -0.39 is 32.4 Å². The van der Waals surface area contributed by atoms with Gasteiger partial charge in [0.15, 0.2) is 4.90 Å². The third-order valence-electron chi connectivity index (χ3n) is 6.23. The third kappa shape index (κ3) is 3.33. The number of piperidine rings is 1. The molecule has 30 heavy (non-hydrogen) atoms. The predicted molar refractivity (Wildman–Crippen MR) is 117 cm³/mol. The van der Waals surface area contributed by atoms with Gasteiger partial charge in [0, 0.05) is 22.9 Å². The fourth-order valence-corrected chi connectivity index (χ4v) is 6.93. The third-order valence-corrected chi connectivity index (χ3v) is 8.70. The Bertz CT molecular complexity index is 1130. The summed E-state index contributed by atoms with van der Waals surface area (Å²) in [6.07, 6.45) is 2.65. The second-order valence-corrected chi connectivity index (χ2v) is 10.8. The molecule has 9 nitrogen and oxygen atoms in total. The van der Waals surface area contributed by atoms with Crippen molar-refractivity contribution in [1.82, 2.24) is 13.8 Å². The van der Waals surface area contributed by atoms with Gasteiger partial charge >= 0.3 is 6.03 Å². The average Bonchev–Trinajstić information content (AvgIpc) is 3.36. The van der Waals surface area contributed by atoms with E-state index in [1.165, 1.54) is 4.31 Å². The van der Waals surface area contributed by atoms with Crippen molar-refractivity contribution in [3.05, 3.63) is 22.7 Å². The van der Waals surface area contributed by atoms with Crippen LogP contribution in [0, 0.1) is 5.92 Å². The molecule has 2 atom stereocenters. The summed E-state index contributed by atoms with van der Waals surface area (Å²) in [6, 6.07) is 4.58. The number of sulfonamides is 1. The smallest absolute Gasteiger partial charge is 0.369 e. The zero-order chi connectivity index (χ0) is 21.7. The number of amides is 3. The lowest BCUT2D eigenvalue weighted by Crippen LogP contribution is -2.63. The first-order chi connectivity index (χ1) is 14.2. The Balaban J connectivity index is 2.00. The first-order valence-electron chi connectivity index (χ1n) is 9.95. The molecule has 2 unspecified atom stereocenters. The van der Waals surface area contributed by atoms with Gasteiger partial charge < -0.3 is 16.5 Å². The molecule has 0 radical (unpaired) electrons. The van der Waals surface area contributed by atoms with Gasteiger partial charge in [0.05, 0.1) is 18.0 Å². The van der Waals surface area contributed by atoms with Crippen LogP contribution in [0.15, 0.2) is 27.6 Å². The van der Waals surface area contributed by atoms with Gasteiger partial charge in [-0.2, -0.15) is 8.79 Å². The molecule has 2 aliphatic heterocycles. The van der Waals surface area contributed by atoms with Crippen LogP contribution in [0.1, 0.15) is 25.7 Å². The number of likely N-dealkylation sites (tertiary alicyclic amines) is 1. The van der Waals surface area contributed by atoms with Gasteiger partial charge in [-0.05, 0) is 43.9 Å². The fourth-order valence-electron chi connectivity index (χ4n) is 4.66. The molecule has 162 valence electrons. The molecule has 3 amide bonds. The normalized spacial score (nSPS) is 25.6. The number of aromatic nitrogens is 1. The van der Waals surface area contributed by atoms with E-state index in [0.29, 0.717) is 43.4 Å². The summed E-state index contributed by atoms with van der Waals surface area (Å²) in [5, 5.41) is 0.492. The summed E-state index contributed by atoms with van der Waals surface area (Å²) < 4.78 is 29.1. The van der Waals surface area contributed by atoms with Crippen LogP contribution in [-0.4, -0.2) is 55.8 Å². The first-order valence-corrected chi connectivity index (χ1v) is 12.2. The Labute approximate surface area is 183 Å². The number of urea groups is 1. The number of nitrogens with two attached hydrogens (primary N) is 2. The van der Waals surface area contributed by atoms with Crippen molar-refractivity contribution < 1.29 is 18.0 Å². The molecule has 1 aromatic carbocycles. The molecule has 2 saturated heterocycles. The van der Waals surface area contributed by atoms with E-state index in [4.69, 9.17) is 11.5 Å². The Hall–Kier alpha value is -1.95. The van der Waals surface area contributed by atoms with Crippen LogP contribution in [0.3, 0.4) is 0 Å². The zero-order valence-electron chi connectivity index (χ0n) is 16.4. The fraction of sp³-hybridized carbons (Fsp3) is 0.474. The molecule has 2 fully saturated rings. The summed E-state index contributed by atoms with van der Waals surface area (Å²) in [5.74, 6) is -0.860. The number of hydrogen-bond donors (Lipinski definition) is 3. The number of quaternary nitrogens is 1. The molecule has 11 heteroatoms. The molecule has 0 spiro atoms. The monoisotopic (exact) mass is 498 g/mol. The number of hydrogen-bond acceptors (Lipinski definition) is 4. The summed E-state index contributed by atoms with van der Waals surface area (Å²) >= 11 is 3.41. The Morgan fingerprint density at radius 3 is 2.50 bits per heavy atom. The summed E-state index contributed by atoms with van der Waals surface area (Å²) in [7, 11) is -3.89. The molecule has 0 bridgehead atoms. The largest absolute Gasteiger partial charge is 0.420 e. The lowest BCUT2D eigenvalue weighted by Gasteiger charge is -2.38. The number of aromatic amines is 1. The second-order valence-electron chi connectivity index (χ2n) is 8.06. The highest BCUT2D eigenvalue weighted by atomic mass is 79.9. The quantitative estimate of drug-likeness (QED) is 0.554. The second kappa shape index (κ2) is 7.63.